The van der Waals surface area contributed by atoms with E-state index < -0.39 is 0 Å². The molecule has 5 heteroatoms. The number of thiocarbonyl (C=S) groups is 1. The standard InChI is InChI=1S/C9H9NO2S2/c1-5-6(2)14-8(9(11)12-3)7(5)10-4-13/h1-3H3. The number of aryl methyl sites for hydroxylation is 1. The van der Waals surface area contributed by atoms with Crippen molar-refractivity contribution in [1.82, 2.24) is 0 Å². The van der Waals surface area contributed by atoms with Crippen molar-refractivity contribution in [3.63, 3.8) is 0 Å². The van der Waals surface area contributed by atoms with Crippen molar-refractivity contribution < 1.29 is 9.53 Å². The molecule has 0 unspecified atom stereocenters. The van der Waals surface area contributed by atoms with Gasteiger partial charge in [0.05, 0.1) is 12.3 Å². The molecule has 14 heavy (non-hydrogen) atoms. The van der Waals surface area contributed by atoms with E-state index in [9.17, 15) is 4.79 Å². The molecule has 74 valence electrons. The number of rotatable bonds is 2. The Labute approximate surface area is 91.4 Å². The fraction of sp³-hybridized carbons (Fsp3) is 0.333. The lowest BCUT2D eigenvalue weighted by atomic mass is 10.2. The van der Waals surface area contributed by atoms with Crippen LogP contribution in [-0.4, -0.2) is 18.2 Å². The predicted octanol–water partition coefficient (Wildman–Crippen LogP) is 2.89. The van der Waals surface area contributed by atoms with Crippen LogP contribution >= 0.6 is 23.6 Å². The zero-order chi connectivity index (χ0) is 10.7. The average Bonchev–Trinajstić information content (AvgIpc) is 2.45. The molecule has 3 nitrogen and oxygen atoms in total. The highest BCUT2D eigenvalue weighted by molar-refractivity contribution is 7.78. The number of isothiocyanates is 1. The summed E-state index contributed by atoms with van der Waals surface area (Å²) in [5.74, 6) is -0.379. The predicted molar refractivity (Wildman–Crippen MR) is 59.8 cm³/mol. The van der Waals surface area contributed by atoms with Gasteiger partial charge < -0.3 is 4.74 Å². The number of carbonyl (C=O) groups is 1. The van der Waals surface area contributed by atoms with Gasteiger partial charge in [0, 0.05) is 4.88 Å². The molecule has 0 fully saturated rings. The first-order valence-electron chi connectivity index (χ1n) is 3.88. The summed E-state index contributed by atoms with van der Waals surface area (Å²) < 4.78 is 4.64. The van der Waals surface area contributed by atoms with Crippen molar-refractivity contribution in [1.29, 1.82) is 0 Å². The van der Waals surface area contributed by atoms with Crippen molar-refractivity contribution in [2.45, 2.75) is 13.8 Å². The SMILES string of the molecule is COC(=O)c1sc(C)c(C)c1N=C=S. The third-order valence-corrected chi connectivity index (χ3v) is 3.15. The molecule has 0 N–H and O–H groups in total. The molecule has 0 bridgehead atoms. The van der Waals surface area contributed by atoms with E-state index >= 15 is 0 Å². The monoisotopic (exact) mass is 227 g/mol. The number of ether oxygens (including phenoxy) is 1. The van der Waals surface area contributed by atoms with Gasteiger partial charge in [-0.25, -0.2) is 4.79 Å². The largest absolute Gasteiger partial charge is 0.465 e. The molecule has 0 aliphatic carbocycles. The van der Waals surface area contributed by atoms with Crippen LogP contribution in [0.5, 0.6) is 0 Å². The Hall–Kier alpha value is -1.03. The Morgan fingerprint density at radius 2 is 2.21 bits per heavy atom. The number of hydrogen-bond acceptors (Lipinski definition) is 5. The Morgan fingerprint density at radius 1 is 1.57 bits per heavy atom. The molecule has 0 spiro atoms. The summed E-state index contributed by atoms with van der Waals surface area (Å²) >= 11 is 5.88. The number of thiophene rings is 1. The summed E-state index contributed by atoms with van der Waals surface area (Å²) in [5, 5.41) is 2.26. The quantitative estimate of drug-likeness (QED) is 0.443. The summed E-state index contributed by atoms with van der Waals surface area (Å²) in [5.41, 5.74) is 1.53. The first kappa shape index (κ1) is 11.0. The Balaban J connectivity index is 3.35. The maximum Gasteiger partial charge on any atom is 0.350 e. The van der Waals surface area contributed by atoms with E-state index in [-0.39, 0.29) is 5.97 Å². The molecule has 0 aromatic carbocycles. The Kier molecular flexibility index (Phi) is 3.52. The lowest BCUT2D eigenvalue weighted by Crippen LogP contribution is -1.97. The van der Waals surface area contributed by atoms with Gasteiger partial charge in [-0.2, -0.15) is 4.99 Å². The second kappa shape index (κ2) is 4.46. The number of carbonyl (C=O) groups excluding carboxylic acids is 1. The third kappa shape index (κ3) is 1.90. The topological polar surface area (TPSA) is 38.7 Å². The summed E-state index contributed by atoms with van der Waals surface area (Å²) in [7, 11) is 1.34. The minimum atomic E-state index is -0.379. The number of methoxy groups -OCH3 is 1. The molecule has 0 atom stereocenters. The molecule has 1 rings (SSSR count). The van der Waals surface area contributed by atoms with Crippen molar-refractivity contribution >= 4 is 40.4 Å². The van der Waals surface area contributed by atoms with E-state index in [0.29, 0.717) is 10.6 Å². The maximum atomic E-state index is 11.3. The van der Waals surface area contributed by atoms with Crippen molar-refractivity contribution in [3.8, 4) is 0 Å². The van der Waals surface area contributed by atoms with Crippen LogP contribution in [0.1, 0.15) is 20.1 Å². The molecule has 1 aromatic heterocycles. The van der Waals surface area contributed by atoms with Gasteiger partial charge in [0.25, 0.3) is 0 Å². The van der Waals surface area contributed by atoms with Crippen LogP contribution < -0.4 is 0 Å². The number of esters is 1. The molecule has 0 saturated carbocycles. The van der Waals surface area contributed by atoms with Crippen LogP contribution in [0.15, 0.2) is 4.99 Å². The minimum absolute atomic E-state index is 0.379. The fourth-order valence-corrected chi connectivity index (χ4v) is 2.14. The molecule has 0 aliphatic heterocycles. The molecular weight excluding hydrogens is 218 g/mol. The first-order chi connectivity index (χ1) is 6.61. The molecule has 0 radical (unpaired) electrons. The Morgan fingerprint density at radius 3 is 2.71 bits per heavy atom. The van der Waals surface area contributed by atoms with Crippen molar-refractivity contribution in [3.05, 3.63) is 15.3 Å². The minimum Gasteiger partial charge on any atom is -0.465 e. The Bertz CT molecular complexity index is 417. The zero-order valence-corrected chi connectivity index (χ0v) is 9.71. The van der Waals surface area contributed by atoms with Gasteiger partial charge in [-0.1, -0.05) is 0 Å². The fourth-order valence-electron chi connectivity index (χ4n) is 1.03. The zero-order valence-electron chi connectivity index (χ0n) is 8.08. The lowest BCUT2D eigenvalue weighted by molar-refractivity contribution is 0.0607. The summed E-state index contributed by atoms with van der Waals surface area (Å²) in [6, 6.07) is 0. The highest BCUT2D eigenvalue weighted by Crippen LogP contribution is 2.34. The van der Waals surface area contributed by atoms with Gasteiger partial charge in [-0.05, 0) is 31.6 Å². The molecule has 1 heterocycles. The van der Waals surface area contributed by atoms with Gasteiger partial charge in [0.15, 0.2) is 0 Å². The van der Waals surface area contributed by atoms with E-state index in [2.05, 4.69) is 27.1 Å². The molecule has 1 aromatic rings. The number of aliphatic imine (C=N–C) groups is 1. The van der Waals surface area contributed by atoms with Crippen LogP contribution in [-0.2, 0) is 4.74 Å². The van der Waals surface area contributed by atoms with Gasteiger partial charge in [0.2, 0.25) is 0 Å². The van der Waals surface area contributed by atoms with Gasteiger partial charge >= 0.3 is 5.97 Å². The van der Waals surface area contributed by atoms with Gasteiger partial charge in [-0.15, -0.1) is 11.3 Å². The van der Waals surface area contributed by atoms with Crippen LogP contribution in [0, 0.1) is 13.8 Å². The van der Waals surface area contributed by atoms with E-state index in [1.807, 2.05) is 13.8 Å². The normalized spacial score (nSPS) is 9.36. The number of hydrogen-bond donors (Lipinski definition) is 0. The van der Waals surface area contributed by atoms with Crippen LogP contribution in [0.25, 0.3) is 0 Å². The number of nitrogens with zero attached hydrogens (tertiary/aromatic N) is 1. The van der Waals surface area contributed by atoms with Gasteiger partial charge in [-0.3, -0.25) is 0 Å². The van der Waals surface area contributed by atoms with Crippen LogP contribution in [0.2, 0.25) is 0 Å². The van der Waals surface area contributed by atoms with Crippen LogP contribution in [0.4, 0.5) is 5.69 Å². The second-order valence-electron chi connectivity index (χ2n) is 2.66. The molecule has 0 saturated heterocycles. The average molecular weight is 227 g/mol. The highest BCUT2D eigenvalue weighted by atomic mass is 32.1. The van der Waals surface area contributed by atoms with Crippen molar-refractivity contribution in [2.75, 3.05) is 7.11 Å². The summed E-state index contributed by atoms with van der Waals surface area (Å²) in [6.45, 7) is 3.82. The van der Waals surface area contributed by atoms with Crippen LogP contribution in [0.3, 0.4) is 0 Å². The second-order valence-corrected chi connectivity index (χ2v) is 4.06. The molecular formula is C9H9NO2S2. The van der Waals surface area contributed by atoms with E-state index in [0.717, 1.165) is 10.4 Å². The highest BCUT2D eigenvalue weighted by Gasteiger charge is 2.18. The smallest absolute Gasteiger partial charge is 0.350 e. The lowest BCUT2D eigenvalue weighted by Gasteiger charge is -1.95. The summed E-state index contributed by atoms with van der Waals surface area (Å²) in [4.78, 5) is 16.7. The van der Waals surface area contributed by atoms with E-state index in [4.69, 9.17) is 0 Å². The first-order valence-corrected chi connectivity index (χ1v) is 5.10. The summed E-state index contributed by atoms with van der Waals surface area (Å²) in [6.07, 6.45) is 0. The van der Waals surface area contributed by atoms with Crippen molar-refractivity contribution in [2.24, 2.45) is 4.99 Å². The molecule has 0 aliphatic rings. The third-order valence-electron chi connectivity index (χ3n) is 1.88. The van der Waals surface area contributed by atoms with E-state index in [1.54, 1.807) is 0 Å². The maximum absolute atomic E-state index is 11.3. The molecule has 0 amide bonds. The van der Waals surface area contributed by atoms with Gasteiger partial charge in [0.1, 0.15) is 10.6 Å². The van der Waals surface area contributed by atoms with E-state index in [1.165, 1.54) is 18.4 Å².